The van der Waals surface area contributed by atoms with Gasteiger partial charge in [-0.05, 0) is 48.2 Å². The van der Waals surface area contributed by atoms with Gasteiger partial charge in [-0.15, -0.1) is 0 Å². The number of piperazine rings is 1. The third-order valence-electron chi connectivity index (χ3n) is 9.03. The summed E-state index contributed by atoms with van der Waals surface area (Å²) in [6.07, 6.45) is 1.71. The highest BCUT2D eigenvalue weighted by Gasteiger charge is 2.51. The van der Waals surface area contributed by atoms with Gasteiger partial charge in [0.15, 0.2) is 0 Å². The Morgan fingerprint density at radius 3 is 1.52 bits per heavy atom. The maximum atomic E-state index is 14.2. The molecule has 0 aliphatic carbocycles. The Kier molecular flexibility index (Phi) is 11.5. The zero-order valence-electron chi connectivity index (χ0n) is 29.7. The van der Waals surface area contributed by atoms with Crippen LogP contribution in [0.25, 0.3) is 0 Å². The number of rotatable bonds is 12. The lowest BCUT2D eigenvalue weighted by atomic mass is 9.75. The standard InChI is InChI=1S/C39H57N2O3P2/c1-32(2)46(43,44-30-37(3,4)5)41-27-25-40(26-28-41)36(42)39(8,9)29-38(6,7)31-45(33-19-13-10-14-20-33,34-21-15-11-16-22-34)35-23-17-12-18-24-35/h10-24,32H,25-31H2,1-9H3/q+1. The third kappa shape index (κ3) is 8.40. The van der Waals surface area contributed by atoms with Crippen molar-refractivity contribution in [1.82, 2.24) is 9.57 Å². The molecule has 1 atom stereocenters. The van der Waals surface area contributed by atoms with Crippen LogP contribution in [0.1, 0.15) is 68.7 Å². The number of carbonyl (C=O) groups excluding carboxylic acids is 1. The number of hydrogen-bond donors (Lipinski definition) is 0. The molecule has 0 radical (unpaired) electrons. The topological polar surface area (TPSA) is 49.9 Å². The van der Waals surface area contributed by atoms with Gasteiger partial charge in [0.2, 0.25) is 5.91 Å². The lowest BCUT2D eigenvalue weighted by Gasteiger charge is -2.44. The summed E-state index contributed by atoms with van der Waals surface area (Å²) in [5.41, 5.74) is -0.877. The fourth-order valence-corrected chi connectivity index (χ4v) is 14.5. The van der Waals surface area contributed by atoms with Gasteiger partial charge in [-0.2, -0.15) is 0 Å². The van der Waals surface area contributed by atoms with Crippen molar-refractivity contribution in [2.45, 2.75) is 74.4 Å². The smallest absolute Gasteiger partial charge is 0.274 e. The molecule has 1 aliphatic rings. The predicted molar refractivity (Wildman–Crippen MR) is 198 cm³/mol. The molecule has 1 unspecified atom stereocenters. The van der Waals surface area contributed by atoms with Crippen LogP contribution in [-0.4, -0.2) is 60.1 Å². The van der Waals surface area contributed by atoms with Crippen LogP contribution in [0.3, 0.4) is 0 Å². The first-order chi connectivity index (χ1) is 21.5. The van der Waals surface area contributed by atoms with E-state index in [1.54, 1.807) is 0 Å². The minimum absolute atomic E-state index is 0.0689. The Morgan fingerprint density at radius 2 is 1.15 bits per heavy atom. The molecular formula is C39H57N2O3P2+. The third-order valence-corrected chi connectivity index (χ3v) is 16.9. The largest absolute Gasteiger partial charge is 0.340 e. The summed E-state index contributed by atoms with van der Waals surface area (Å²) >= 11 is 0. The fraction of sp³-hybridized carbons (Fsp3) is 0.513. The van der Waals surface area contributed by atoms with E-state index in [0.29, 0.717) is 32.8 Å². The SMILES string of the molecule is CC(C)P(=O)(OCC(C)(C)C)N1CCN(C(=O)C(C)(C)CC(C)(C)C[P+](c2ccccc2)(c2ccccc2)c2ccccc2)CC1. The Bertz CT molecular complexity index is 1360. The van der Waals surface area contributed by atoms with E-state index in [1.807, 2.05) is 23.4 Å². The lowest BCUT2D eigenvalue weighted by molar-refractivity contribution is -0.143. The molecule has 1 fully saturated rings. The van der Waals surface area contributed by atoms with E-state index in [4.69, 9.17) is 4.52 Å². The fourth-order valence-electron chi connectivity index (χ4n) is 7.19. The zero-order chi connectivity index (χ0) is 33.8. The summed E-state index contributed by atoms with van der Waals surface area (Å²) in [6, 6.07) is 33.0. The van der Waals surface area contributed by atoms with E-state index in [0.717, 1.165) is 12.6 Å². The maximum absolute atomic E-state index is 14.2. The molecule has 0 bridgehead atoms. The van der Waals surface area contributed by atoms with E-state index >= 15 is 0 Å². The van der Waals surface area contributed by atoms with E-state index in [-0.39, 0.29) is 22.4 Å². The Labute approximate surface area is 280 Å². The highest BCUT2D eigenvalue weighted by atomic mass is 31.2. The molecule has 3 aromatic carbocycles. The van der Waals surface area contributed by atoms with Crippen LogP contribution < -0.4 is 15.9 Å². The van der Waals surface area contributed by atoms with Gasteiger partial charge in [-0.1, -0.05) is 117 Å². The second-order valence-corrected chi connectivity index (χ2v) is 22.4. The number of amides is 1. The van der Waals surface area contributed by atoms with Crippen LogP contribution in [0.15, 0.2) is 91.0 Å². The molecule has 250 valence electrons. The summed E-state index contributed by atoms with van der Waals surface area (Å²) in [6.45, 7) is 21.9. The Hall–Kier alpha value is -2.29. The van der Waals surface area contributed by atoms with Gasteiger partial charge in [0.1, 0.15) is 23.2 Å². The van der Waals surface area contributed by atoms with E-state index in [1.165, 1.54) is 15.9 Å². The molecule has 1 aliphatic heterocycles. The quantitative estimate of drug-likeness (QED) is 0.183. The number of carbonyl (C=O) groups is 1. The predicted octanol–water partition coefficient (Wildman–Crippen LogP) is 8.23. The van der Waals surface area contributed by atoms with Crippen molar-refractivity contribution >= 4 is 36.6 Å². The first kappa shape index (κ1) is 36.5. The van der Waals surface area contributed by atoms with Crippen molar-refractivity contribution in [2.24, 2.45) is 16.2 Å². The van der Waals surface area contributed by atoms with Gasteiger partial charge < -0.3 is 9.42 Å². The van der Waals surface area contributed by atoms with Crippen LogP contribution in [0, 0.1) is 16.2 Å². The molecule has 4 rings (SSSR count). The molecular weight excluding hydrogens is 606 g/mol. The summed E-state index contributed by atoms with van der Waals surface area (Å²) in [4.78, 5) is 16.2. The molecule has 0 spiro atoms. The van der Waals surface area contributed by atoms with Gasteiger partial charge in [0, 0.05) is 42.7 Å². The van der Waals surface area contributed by atoms with E-state index < -0.39 is 20.2 Å². The number of hydrogen-bond acceptors (Lipinski definition) is 3. The minimum Gasteiger partial charge on any atom is -0.340 e. The molecule has 3 aromatic rings. The van der Waals surface area contributed by atoms with Gasteiger partial charge in [0.25, 0.3) is 7.52 Å². The summed E-state index contributed by atoms with van der Waals surface area (Å²) < 4.78 is 22.2. The Balaban J connectivity index is 1.57. The molecule has 0 N–H and O–H groups in total. The second kappa shape index (κ2) is 14.4. The van der Waals surface area contributed by atoms with Crippen molar-refractivity contribution in [1.29, 1.82) is 0 Å². The molecule has 1 amide bonds. The molecule has 0 aromatic heterocycles. The van der Waals surface area contributed by atoms with Crippen molar-refractivity contribution in [2.75, 3.05) is 38.9 Å². The summed E-state index contributed by atoms with van der Waals surface area (Å²) in [7, 11) is -5.06. The van der Waals surface area contributed by atoms with Crippen LogP contribution in [0.2, 0.25) is 0 Å². The molecule has 1 heterocycles. The zero-order valence-corrected chi connectivity index (χ0v) is 31.5. The van der Waals surface area contributed by atoms with E-state index in [9.17, 15) is 9.36 Å². The van der Waals surface area contributed by atoms with Crippen LogP contribution in [-0.2, 0) is 13.9 Å². The molecule has 1 saturated heterocycles. The van der Waals surface area contributed by atoms with Crippen molar-refractivity contribution < 1.29 is 13.9 Å². The first-order valence-electron chi connectivity index (χ1n) is 16.8. The van der Waals surface area contributed by atoms with Gasteiger partial charge in [0.05, 0.1) is 12.8 Å². The van der Waals surface area contributed by atoms with Crippen molar-refractivity contribution in [3.05, 3.63) is 91.0 Å². The molecule has 0 saturated carbocycles. The van der Waals surface area contributed by atoms with Gasteiger partial charge in [-0.3, -0.25) is 9.36 Å². The minimum atomic E-state index is -3.01. The normalized spacial score (nSPS) is 16.8. The number of nitrogens with zero attached hydrogens (tertiary/aromatic N) is 2. The van der Waals surface area contributed by atoms with Gasteiger partial charge in [-0.25, -0.2) is 4.67 Å². The lowest BCUT2D eigenvalue weighted by Crippen LogP contribution is -2.52. The van der Waals surface area contributed by atoms with Crippen molar-refractivity contribution in [3.8, 4) is 0 Å². The molecule has 46 heavy (non-hydrogen) atoms. The Morgan fingerprint density at radius 1 is 0.739 bits per heavy atom. The summed E-state index contributed by atoms with van der Waals surface area (Å²) in [5, 5.41) is 4.09. The highest BCUT2D eigenvalue weighted by molar-refractivity contribution is 7.95. The molecule has 5 nitrogen and oxygen atoms in total. The van der Waals surface area contributed by atoms with Crippen LogP contribution in [0.5, 0.6) is 0 Å². The van der Waals surface area contributed by atoms with Crippen molar-refractivity contribution in [3.63, 3.8) is 0 Å². The van der Waals surface area contributed by atoms with Gasteiger partial charge >= 0.3 is 0 Å². The molecule has 7 heteroatoms. The second-order valence-electron chi connectivity index (χ2n) is 15.9. The van der Waals surface area contributed by atoms with Crippen LogP contribution >= 0.6 is 14.8 Å². The van der Waals surface area contributed by atoms with E-state index in [2.05, 4.69) is 139 Å². The highest BCUT2D eigenvalue weighted by Crippen LogP contribution is 2.60. The van der Waals surface area contributed by atoms with Crippen LogP contribution in [0.4, 0.5) is 0 Å². The average molecular weight is 664 g/mol. The number of benzene rings is 3. The maximum Gasteiger partial charge on any atom is 0.274 e. The average Bonchev–Trinajstić information content (AvgIpc) is 3.02. The first-order valence-corrected chi connectivity index (χ1v) is 20.5. The monoisotopic (exact) mass is 663 g/mol. The summed E-state index contributed by atoms with van der Waals surface area (Å²) in [5.74, 6) is 0.179.